The molecule has 0 N–H and O–H groups in total. The number of hydrogen-bond donors (Lipinski definition) is 0. The van der Waals surface area contributed by atoms with Crippen molar-refractivity contribution in [2.24, 2.45) is 7.05 Å². The van der Waals surface area contributed by atoms with Crippen LogP contribution in [0.1, 0.15) is 0 Å². The molecule has 0 unspecified atom stereocenters. The van der Waals surface area contributed by atoms with Crippen LogP contribution in [-0.4, -0.2) is 4.98 Å². The lowest BCUT2D eigenvalue weighted by Crippen LogP contribution is -2.26. The van der Waals surface area contributed by atoms with Crippen LogP contribution in [0.2, 0.25) is 0 Å². The zero-order valence-corrected chi connectivity index (χ0v) is 6.77. The van der Waals surface area contributed by atoms with Gasteiger partial charge < -0.3 is 4.42 Å². The maximum absolute atomic E-state index is 5.15. The second kappa shape index (κ2) is 2.77. The average molecular weight is 161 g/mol. The van der Waals surface area contributed by atoms with Gasteiger partial charge in [0.15, 0.2) is 12.4 Å². The Morgan fingerprint density at radius 3 is 3.08 bits per heavy atom. The van der Waals surface area contributed by atoms with E-state index in [4.69, 9.17) is 4.42 Å². The van der Waals surface area contributed by atoms with E-state index in [1.165, 1.54) is 0 Å². The monoisotopic (exact) mass is 161 g/mol. The van der Waals surface area contributed by atoms with Gasteiger partial charge in [-0.2, -0.15) is 0 Å². The lowest BCUT2D eigenvalue weighted by molar-refractivity contribution is -0.671. The Morgan fingerprint density at radius 1 is 1.50 bits per heavy atom. The van der Waals surface area contributed by atoms with Gasteiger partial charge in [-0.05, 0) is 6.07 Å². The molecule has 0 aromatic carbocycles. The second-order valence-corrected chi connectivity index (χ2v) is 2.60. The summed E-state index contributed by atoms with van der Waals surface area (Å²) in [5.41, 5.74) is 0.991. The predicted octanol–water partition coefficient (Wildman–Crippen LogP) is 1.17. The van der Waals surface area contributed by atoms with E-state index in [0.29, 0.717) is 5.89 Å². The third kappa shape index (κ3) is 1.21. The van der Waals surface area contributed by atoms with Crippen LogP contribution in [0.3, 0.4) is 0 Å². The average Bonchev–Trinajstić information content (AvgIpc) is 2.56. The van der Waals surface area contributed by atoms with Gasteiger partial charge in [-0.25, -0.2) is 9.55 Å². The van der Waals surface area contributed by atoms with Crippen molar-refractivity contribution >= 4 is 0 Å². The van der Waals surface area contributed by atoms with Gasteiger partial charge in [0, 0.05) is 6.07 Å². The lowest BCUT2D eigenvalue weighted by atomic mass is 10.3. The third-order valence-electron chi connectivity index (χ3n) is 1.62. The van der Waals surface area contributed by atoms with Crippen molar-refractivity contribution in [2.45, 2.75) is 0 Å². The predicted molar refractivity (Wildman–Crippen MR) is 43.1 cm³/mol. The smallest absolute Gasteiger partial charge is 0.231 e. The summed E-state index contributed by atoms with van der Waals surface area (Å²) in [4.78, 5) is 4.05. The number of aromatic nitrogens is 2. The van der Waals surface area contributed by atoms with Crippen molar-refractivity contribution in [3.63, 3.8) is 0 Å². The van der Waals surface area contributed by atoms with Crippen LogP contribution in [0.5, 0.6) is 0 Å². The molecule has 0 spiro atoms. The van der Waals surface area contributed by atoms with Gasteiger partial charge in [-0.15, -0.1) is 0 Å². The molecule has 0 saturated carbocycles. The van der Waals surface area contributed by atoms with E-state index in [9.17, 15) is 0 Å². The summed E-state index contributed by atoms with van der Waals surface area (Å²) in [6.07, 6.45) is 7.14. The van der Waals surface area contributed by atoms with Gasteiger partial charge in [0.1, 0.15) is 18.9 Å². The van der Waals surface area contributed by atoms with Gasteiger partial charge in [0.2, 0.25) is 5.89 Å². The maximum atomic E-state index is 5.15. The number of pyridine rings is 1. The van der Waals surface area contributed by atoms with Gasteiger partial charge in [0.25, 0.3) is 0 Å². The molecular formula is C9H9N2O+. The highest BCUT2D eigenvalue weighted by molar-refractivity contribution is 5.49. The SMILES string of the molecule is C[n+]1cccc(-c2ncco2)c1. The highest BCUT2D eigenvalue weighted by Gasteiger charge is 2.04. The fraction of sp³-hybridized carbons (Fsp3) is 0.111. The fourth-order valence-corrected chi connectivity index (χ4v) is 1.08. The molecule has 0 aliphatic carbocycles. The normalized spacial score (nSPS) is 10.1. The van der Waals surface area contributed by atoms with Crippen LogP contribution in [0, 0.1) is 0 Å². The number of aryl methyl sites for hydroxylation is 1. The van der Waals surface area contributed by atoms with E-state index in [0.717, 1.165) is 5.56 Å². The molecule has 0 bridgehead atoms. The first-order valence-electron chi connectivity index (χ1n) is 3.71. The molecule has 60 valence electrons. The van der Waals surface area contributed by atoms with Crippen molar-refractivity contribution in [3.8, 4) is 11.5 Å². The molecule has 0 aliphatic rings. The minimum absolute atomic E-state index is 0.659. The Morgan fingerprint density at radius 2 is 2.42 bits per heavy atom. The summed E-state index contributed by atoms with van der Waals surface area (Å²) in [5.74, 6) is 0.659. The number of oxazole rings is 1. The van der Waals surface area contributed by atoms with Gasteiger partial charge in [-0.3, -0.25) is 0 Å². The molecule has 12 heavy (non-hydrogen) atoms. The quantitative estimate of drug-likeness (QED) is 0.587. The molecule has 0 amide bonds. The number of rotatable bonds is 1. The van der Waals surface area contributed by atoms with Gasteiger partial charge in [-0.1, -0.05) is 0 Å². The highest BCUT2D eigenvalue weighted by Crippen LogP contribution is 2.13. The zero-order valence-electron chi connectivity index (χ0n) is 6.77. The summed E-state index contributed by atoms with van der Waals surface area (Å²) < 4.78 is 7.11. The summed E-state index contributed by atoms with van der Waals surface area (Å²) in [6.45, 7) is 0. The fourth-order valence-electron chi connectivity index (χ4n) is 1.08. The van der Waals surface area contributed by atoms with Crippen LogP contribution in [-0.2, 0) is 7.05 Å². The lowest BCUT2D eigenvalue weighted by Gasteiger charge is -1.91. The molecule has 3 nitrogen and oxygen atoms in total. The topological polar surface area (TPSA) is 29.9 Å². The van der Waals surface area contributed by atoms with Crippen molar-refractivity contribution in [1.82, 2.24) is 4.98 Å². The van der Waals surface area contributed by atoms with Gasteiger partial charge >= 0.3 is 0 Å². The molecule has 3 heteroatoms. The molecule has 2 aromatic rings. The number of nitrogens with zero attached hydrogens (tertiary/aromatic N) is 2. The first-order valence-corrected chi connectivity index (χ1v) is 3.71. The summed E-state index contributed by atoms with van der Waals surface area (Å²) >= 11 is 0. The number of hydrogen-bond acceptors (Lipinski definition) is 2. The van der Waals surface area contributed by atoms with E-state index < -0.39 is 0 Å². The Bertz CT molecular complexity index is 368. The molecule has 0 fully saturated rings. The Balaban J connectivity index is 2.48. The third-order valence-corrected chi connectivity index (χ3v) is 1.62. The summed E-state index contributed by atoms with van der Waals surface area (Å²) in [5, 5.41) is 0. The van der Waals surface area contributed by atoms with Crippen LogP contribution >= 0.6 is 0 Å². The standard InChI is InChI=1S/C9H9N2O/c1-11-5-2-3-8(7-11)9-10-4-6-12-9/h2-7H,1H3/q+1. The minimum atomic E-state index is 0.659. The van der Waals surface area contributed by atoms with Crippen LogP contribution in [0.15, 0.2) is 41.4 Å². The maximum Gasteiger partial charge on any atom is 0.231 e. The summed E-state index contributed by atoms with van der Waals surface area (Å²) in [7, 11) is 1.96. The first-order chi connectivity index (χ1) is 5.86. The zero-order chi connectivity index (χ0) is 8.39. The molecular weight excluding hydrogens is 152 g/mol. The van der Waals surface area contributed by atoms with Crippen molar-refractivity contribution in [3.05, 3.63) is 37.0 Å². The second-order valence-electron chi connectivity index (χ2n) is 2.60. The van der Waals surface area contributed by atoms with E-state index in [2.05, 4.69) is 4.98 Å². The summed E-state index contributed by atoms with van der Waals surface area (Å²) in [6, 6.07) is 3.92. The Labute approximate surface area is 70.3 Å². The first kappa shape index (κ1) is 7.03. The molecule has 2 rings (SSSR count). The molecule has 0 atom stereocenters. The van der Waals surface area contributed by atoms with Crippen LogP contribution in [0.25, 0.3) is 11.5 Å². The van der Waals surface area contributed by atoms with E-state index in [1.54, 1.807) is 12.5 Å². The molecule has 0 radical (unpaired) electrons. The van der Waals surface area contributed by atoms with E-state index in [1.807, 2.05) is 36.1 Å². The highest BCUT2D eigenvalue weighted by atomic mass is 16.3. The Kier molecular flexibility index (Phi) is 1.63. The van der Waals surface area contributed by atoms with E-state index >= 15 is 0 Å². The molecule has 2 aromatic heterocycles. The molecule has 0 saturated heterocycles. The van der Waals surface area contributed by atoms with E-state index in [-0.39, 0.29) is 0 Å². The molecule has 0 aliphatic heterocycles. The van der Waals surface area contributed by atoms with Crippen LogP contribution < -0.4 is 4.57 Å². The minimum Gasteiger partial charge on any atom is -0.444 e. The molecule has 2 heterocycles. The van der Waals surface area contributed by atoms with Crippen molar-refractivity contribution < 1.29 is 8.98 Å². The van der Waals surface area contributed by atoms with Crippen molar-refractivity contribution in [2.75, 3.05) is 0 Å². The van der Waals surface area contributed by atoms with Gasteiger partial charge in [0.05, 0.1) is 6.20 Å². The Hall–Kier alpha value is -1.64. The largest absolute Gasteiger partial charge is 0.444 e. The van der Waals surface area contributed by atoms with Crippen molar-refractivity contribution in [1.29, 1.82) is 0 Å². The van der Waals surface area contributed by atoms with Crippen LogP contribution in [0.4, 0.5) is 0 Å².